The molecule has 1 heterocycles. The molecule has 5 nitrogen and oxygen atoms in total. The maximum Gasteiger partial charge on any atom is 0.416 e. The third-order valence-corrected chi connectivity index (χ3v) is 4.69. The number of hydrogen-bond donors (Lipinski definition) is 1. The molecule has 1 amide bonds. The van der Waals surface area contributed by atoms with Gasteiger partial charge in [0.05, 0.1) is 22.7 Å². The number of carbonyl (C=O) groups excluding carboxylic acids is 1. The van der Waals surface area contributed by atoms with Crippen LogP contribution in [0.25, 0.3) is 0 Å². The lowest BCUT2D eigenvalue weighted by molar-refractivity contribution is -0.137. The number of amides is 1. The summed E-state index contributed by atoms with van der Waals surface area (Å²) in [6.07, 6.45) is -1.95. The molecule has 0 saturated carbocycles. The molecule has 9 heteroatoms. The van der Waals surface area contributed by atoms with Crippen molar-refractivity contribution in [3.8, 4) is 0 Å². The predicted octanol–water partition coefficient (Wildman–Crippen LogP) is 2.68. The molecule has 0 bridgehead atoms. The van der Waals surface area contributed by atoms with Gasteiger partial charge in [0.1, 0.15) is 9.84 Å². The van der Waals surface area contributed by atoms with Gasteiger partial charge in [0.2, 0.25) is 5.91 Å². The van der Waals surface area contributed by atoms with Crippen LogP contribution < -0.4 is 10.2 Å². The molecule has 1 saturated heterocycles. The quantitative estimate of drug-likeness (QED) is 0.872. The van der Waals surface area contributed by atoms with Gasteiger partial charge in [-0.25, -0.2) is 8.42 Å². The summed E-state index contributed by atoms with van der Waals surface area (Å²) in [5, 5.41) is 2.43. The molecular formula is C15H19F3N2O3S. The van der Waals surface area contributed by atoms with Crippen LogP contribution in [0.4, 0.5) is 24.5 Å². The Balaban J connectivity index is 2.24. The van der Waals surface area contributed by atoms with E-state index >= 15 is 0 Å². The lowest BCUT2D eigenvalue weighted by Gasteiger charge is -2.23. The summed E-state index contributed by atoms with van der Waals surface area (Å²) in [4.78, 5) is 13.8. The van der Waals surface area contributed by atoms with E-state index in [4.69, 9.17) is 0 Å². The van der Waals surface area contributed by atoms with E-state index in [9.17, 15) is 26.4 Å². The summed E-state index contributed by atoms with van der Waals surface area (Å²) in [5.41, 5.74) is -0.276. The Labute approximate surface area is 138 Å². The van der Waals surface area contributed by atoms with E-state index in [1.165, 1.54) is 6.07 Å². The molecule has 0 radical (unpaired) electrons. The van der Waals surface area contributed by atoms with Crippen molar-refractivity contribution in [3.63, 3.8) is 0 Å². The minimum Gasteiger partial charge on any atom is -0.370 e. The van der Waals surface area contributed by atoms with E-state index in [2.05, 4.69) is 5.32 Å². The Hall–Kier alpha value is -1.77. The second kappa shape index (κ2) is 7.00. The third kappa shape index (κ3) is 5.12. The summed E-state index contributed by atoms with van der Waals surface area (Å²) < 4.78 is 61.0. The van der Waals surface area contributed by atoms with Crippen molar-refractivity contribution in [2.75, 3.05) is 35.3 Å². The van der Waals surface area contributed by atoms with Crippen LogP contribution in [0.2, 0.25) is 0 Å². The predicted molar refractivity (Wildman–Crippen MR) is 85.8 cm³/mol. The molecule has 1 aromatic carbocycles. The van der Waals surface area contributed by atoms with Crippen molar-refractivity contribution >= 4 is 27.1 Å². The van der Waals surface area contributed by atoms with Crippen molar-refractivity contribution in [2.45, 2.75) is 25.4 Å². The topological polar surface area (TPSA) is 66.5 Å². The zero-order valence-corrected chi connectivity index (χ0v) is 14.0. The van der Waals surface area contributed by atoms with Crippen LogP contribution in [0.15, 0.2) is 18.2 Å². The van der Waals surface area contributed by atoms with Gasteiger partial charge < -0.3 is 10.2 Å². The minimum absolute atomic E-state index is 0.0604. The lowest BCUT2D eigenvalue weighted by Crippen LogP contribution is -2.22. The molecule has 1 aromatic rings. The molecule has 2 rings (SSSR count). The highest BCUT2D eigenvalue weighted by molar-refractivity contribution is 7.90. The number of sulfone groups is 1. The number of hydrogen-bond acceptors (Lipinski definition) is 4. The van der Waals surface area contributed by atoms with E-state index < -0.39 is 27.5 Å². The molecule has 0 aliphatic carbocycles. The summed E-state index contributed by atoms with van der Waals surface area (Å²) in [6, 6.07) is 3.23. The van der Waals surface area contributed by atoms with Crippen molar-refractivity contribution in [1.29, 1.82) is 0 Å². The number of carbonyl (C=O) groups is 1. The number of rotatable bonds is 5. The molecule has 1 N–H and O–H groups in total. The Bertz CT molecular complexity index is 711. The van der Waals surface area contributed by atoms with Gasteiger partial charge in [-0.05, 0) is 31.0 Å². The molecule has 134 valence electrons. The van der Waals surface area contributed by atoms with E-state index in [-0.39, 0.29) is 17.9 Å². The van der Waals surface area contributed by atoms with Crippen LogP contribution in [0.1, 0.15) is 24.8 Å². The van der Waals surface area contributed by atoms with Crippen molar-refractivity contribution in [1.82, 2.24) is 0 Å². The van der Waals surface area contributed by atoms with Crippen LogP contribution in [-0.4, -0.2) is 39.4 Å². The summed E-state index contributed by atoms with van der Waals surface area (Å²) in [5.74, 6) is -0.975. The van der Waals surface area contributed by atoms with Gasteiger partial charge in [0, 0.05) is 25.8 Å². The summed E-state index contributed by atoms with van der Waals surface area (Å²) >= 11 is 0. The third-order valence-electron chi connectivity index (χ3n) is 3.74. The Morgan fingerprint density at radius 1 is 1.25 bits per heavy atom. The van der Waals surface area contributed by atoms with Crippen LogP contribution in [-0.2, 0) is 20.8 Å². The number of nitrogens with one attached hydrogen (secondary N) is 1. The monoisotopic (exact) mass is 364 g/mol. The smallest absolute Gasteiger partial charge is 0.370 e. The van der Waals surface area contributed by atoms with Crippen molar-refractivity contribution in [2.24, 2.45) is 0 Å². The van der Waals surface area contributed by atoms with Crippen LogP contribution >= 0.6 is 0 Å². The largest absolute Gasteiger partial charge is 0.416 e. The Morgan fingerprint density at radius 3 is 2.42 bits per heavy atom. The SMILES string of the molecule is CS(=O)(=O)CCC(=O)Nc1cc(C(F)(F)F)ccc1N1CCCC1. The second-order valence-corrected chi connectivity index (χ2v) is 8.11. The van der Waals surface area contributed by atoms with Gasteiger partial charge in [-0.2, -0.15) is 13.2 Å². The number of alkyl halides is 3. The normalized spacial score (nSPS) is 15.6. The molecule has 1 fully saturated rings. The van der Waals surface area contributed by atoms with Crippen molar-refractivity contribution < 1.29 is 26.4 Å². The Kier molecular flexibility index (Phi) is 5.42. The zero-order valence-electron chi connectivity index (χ0n) is 13.2. The van der Waals surface area contributed by atoms with Gasteiger partial charge >= 0.3 is 6.18 Å². The molecule has 1 aliphatic rings. The Morgan fingerprint density at radius 2 is 1.88 bits per heavy atom. The van der Waals surface area contributed by atoms with Crippen LogP contribution in [0, 0.1) is 0 Å². The van der Waals surface area contributed by atoms with Crippen LogP contribution in [0.5, 0.6) is 0 Å². The van der Waals surface area contributed by atoms with E-state index in [1.54, 1.807) is 0 Å². The first-order valence-corrected chi connectivity index (χ1v) is 9.56. The zero-order chi connectivity index (χ0) is 18.0. The molecule has 0 atom stereocenters. The van der Waals surface area contributed by atoms with Crippen LogP contribution in [0.3, 0.4) is 0 Å². The highest BCUT2D eigenvalue weighted by atomic mass is 32.2. The van der Waals surface area contributed by atoms with Crippen molar-refractivity contribution in [3.05, 3.63) is 23.8 Å². The standard InChI is InChI=1S/C15H19F3N2O3S/c1-24(22,23)9-6-14(21)19-12-10-11(15(16,17)18)4-5-13(12)20-7-2-3-8-20/h4-5,10H,2-3,6-9H2,1H3,(H,19,21). The molecule has 24 heavy (non-hydrogen) atoms. The highest BCUT2D eigenvalue weighted by Gasteiger charge is 2.32. The fraction of sp³-hybridized carbons (Fsp3) is 0.533. The summed E-state index contributed by atoms with van der Waals surface area (Å²) in [6.45, 7) is 1.41. The van der Waals surface area contributed by atoms with Gasteiger partial charge in [-0.3, -0.25) is 4.79 Å². The van der Waals surface area contributed by atoms with E-state index in [0.717, 1.165) is 31.2 Å². The molecule has 0 aromatic heterocycles. The van der Waals surface area contributed by atoms with Gasteiger partial charge in [-0.1, -0.05) is 0 Å². The average Bonchev–Trinajstić information content (AvgIpc) is 2.97. The lowest BCUT2D eigenvalue weighted by atomic mass is 10.1. The number of halogens is 3. The maximum atomic E-state index is 12.9. The number of benzene rings is 1. The first kappa shape index (κ1) is 18.6. The molecule has 0 spiro atoms. The number of anilines is 2. The number of nitrogens with zero attached hydrogens (tertiary/aromatic N) is 1. The first-order chi connectivity index (χ1) is 11.1. The van der Waals surface area contributed by atoms with E-state index in [1.807, 2.05) is 4.90 Å². The maximum absolute atomic E-state index is 12.9. The second-order valence-electron chi connectivity index (χ2n) is 5.85. The fourth-order valence-corrected chi connectivity index (χ4v) is 3.09. The van der Waals surface area contributed by atoms with E-state index in [0.29, 0.717) is 18.8 Å². The van der Waals surface area contributed by atoms with Gasteiger partial charge in [0.15, 0.2) is 0 Å². The van der Waals surface area contributed by atoms with Gasteiger partial charge in [0.25, 0.3) is 0 Å². The minimum atomic E-state index is -4.52. The highest BCUT2D eigenvalue weighted by Crippen LogP contribution is 2.36. The molecular weight excluding hydrogens is 345 g/mol. The molecule has 1 aliphatic heterocycles. The fourth-order valence-electron chi connectivity index (χ4n) is 2.54. The first-order valence-electron chi connectivity index (χ1n) is 7.50. The average molecular weight is 364 g/mol. The van der Waals surface area contributed by atoms with Gasteiger partial charge in [-0.15, -0.1) is 0 Å². The summed E-state index contributed by atoms with van der Waals surface area (Å²) in [7, 11) is -3.32. The molecule has 0 unspecified atom stereocenters.